The van der Waals surface area contributed by atoms with Crippen LogP contribution in [0.25, 0.3) is 11.3 Å². The predicted molar refractivity (Wildman–Crippen MR) is 139 cm³/mol. The zero-order chi connectivity index (χ0) is 23.5. The Morgan fingerprint density at radius 3 is 2.17 bits per heavy atom. The number of ketones is 1. The van der Waals surface area contributed by atoms with Gasteiger partial charge in [0.2, 0.25) is 11.4 Å². The van der Waals surface area contributed by atoms with Gasteiger partial charge in [0.15, 0.2) is 11.7 Å². The standard InChI is InChI=1S/C32H25N2O/c35-31-28-22-27-18-21-34(28,32(27)19-10-11-20-33(32)23-24-12-4-1-5-13-24)30(26-16-8-3-9-17-26)29(31)25-14-6-2-7-15-25/h1-22,28H,23H2/q+1. The van der Waals surface area contributed by atoms with Gasteiger partial charge in [0, 0.05) is 36.0 Å². The molecule has 3 unspecified atom stereocenters. The molecule has 3 atom stereocenters. The molecule has 0 N–H and O–H groups in total. The highest BCUT2D eigenvalue weighted by Crippen LogP contribution is 2.62. The van der Waals surface area contributed by atoms with E-state index >= 15 is 0 Å². The number of benzene rings is 3. The molecule has 4 aliphatic rings. The maximum absolute atomic E-state index is 14.2. The molecule has 0 amide bonds. The van der Waals surface area contributed by atoms with E-state index in [2.05, 4.69) is 114 Å². The summed E-state index contributed by atoms with van der Waals surface area (Å²) in [7, 11) is 0. The molecule has 168 valence electrons. The molecular weight excluding hydrogens is 428 g/mol. The topological polar surface area (TPSA) is 20.3 Å². The van der Waals surface area contributed by atoms with Crippen molar-refractivity contribution >= 4 is 17.1 Å². The number of hydrogen-bond donors (Lipinski definition) is 0. The Hall–Kier alpha value is -4.21. The number of nitrogens with zero attached hydrogens (tertiary/aromatic N) is 2. The van der Waals surface area contributed by atoms with E-state index in [0.29, 0.717) is 4.48 Å². The van der Waals surface area contributed by atoms with E-state index in [1.54, 1.807) is 0 Å². The third-order valence-electron chi connectivity index (χ3n) is 7.83. The Bertz CT molecular complexity index is 1480. The quantitative estimate of drug-likeness (QED) is 0.447. The summed E-state index contributed by atoms with van der Waals surface area (Å²) in [6.45, 7) is 0.754. The third-order valence-corrected chi connectivity index (χ3v) is 7.83. The molecule has 0 aromatic heterocycles. The van der Waals surface area contributed by atoms with E-state index in [1.807, 2.05) is 24.3 Å². The molecule has 2 spiro atoms. The summed E-state index contributed by atoms with van der Waals surface area (Å²) < 4.78 is 0.448. The van der Waals surface area contributed by atoms with Crippen LogP contribution in [-0.4, -0.2) is 26.9 Å². The smallest absolute Gasteiger partial charge is 0.231 e. The molecule has 7 rings (SSSR count). The van der Waals surface area contributed by atoms with Gasteiger partial charge in [0.25, 0.3) is 0 Å². The SMILES string of the molecule is O=C1C(c2ccccc2)=C(c2ccccc2)[N+]23C=CC(=CC12)C31C=CC=CN1Cc1ccccc1. The van der Waals surface area contributed by atoms with Crippen molar-refractivity contribution in [3.05, 3.63) is 156 Å². The van der Waals surface area contributed by atoms with Gasteiger partial charge in [-0.3, -0.25) is 4.79 Å². The van der Waals surface area contributed by atoms with Crippen LogP contribution >= 0.6 is 0 Å². The molecule has 3 aromatic rings. The van der Waals surface area contributed by atoms with Gasteiger partial charge < -0.3 is 4.90 Å². The minimum absolute atomic E-state index is 0.191. The highest BCUT2D eigenvalue weighted by atomic mass is 16.1. The predicted octanol–water partition coefficient (Wildman–Crippen LogP) is 6.07. The van der Waals surface area contributed by atoms with Crippen LogP contribution in [0.5, 0.6) is 0 Å². The fourth-order valence-corrected chi connectivity index (χ4v) is 6.45. The van der Waals surface area contributed by atoms with Crippen molar-refractivity contribution < 1.29 is 9.28 Å². The lowest BCUT2D eigenvalue weighted by molar-refractivity contribution is -0.858. The second kappa shape index (κ2) is 7.39. The van der Waals surface area contributed by atoms with Crippen molar-refractivity contribution in [2.24, 2.45) is 0 Å². The van der Waals surface area contributed by atoms with E-state index in [9.17, 15) is 4.79 Å². The molecule has 0 radical (unpaired) electrons. The highest BCUT2D eigenvalue weighted by Gasteiger charge is 2.72. The third kappa shape index (κ3) is 2.56. The second-order valence-electron chi connectivity index (χ2n) is 9.52. The van der Waals surface area contributed by atoms with Crippen LogP contribution in [0.15, 0.2) is 139 Å². The Balaban J connectivity index is 1.50. The zero-order valence-electron chi connectivity index (χ0n) is 19.3. The first-order chi connectivity index (χ1) is 17.3. The molecule has 0 fully saturated rings. The fourth-order valence-electron chi connectivity index (χ4n) is 6.45. The van der Waals surface area contributed by atoms with Gasteiger partial charge in [-0.1, -0.05) is 84.9 Å². The largest absolute Gasteiger partial charge is 0.315 e. The summed E-state index contributed by atoms with van der Waals surface area (Å²) >= 11 is 0. The van der Waals surface area contributed by atoms with Crippen LogP contribution in [-0.2, 0) is 11.3 Å². The molecule has 3 aromatic carbocycles. The minimum Gasteiger partial charge on any atom is -0.315 e. The van der Waals surface area contributed by atoms with Crippen LogP contribution in [0.2, 0.25) is 0 Å². The van der Waals surface area contributed by atoms with Crippen molar-refractivity contribution in [1.82, 2.24) is 4.90 Å². The van der Waals surface area contributed by atoms with E-state index in [1.165, 1.54) is 11.1 Å². The Labute approximate surface area is 205 Å². The molecule has 0 saturated heterocycles. The normalized spacial score (nSPS) is 27.8. The number of hydrogen-bond acceptors (Lipinski definition) is 2. The fraction of sp³-hybridized carbons (Fsp3) is 0.0938. The van der Waals surface area contributed by atoms with Crippen molar-refractivity contribution in [2.45, 2.75) is 18.2 Å². The van der Waals surface area contributed by atoms with E-state index < -0.39 is 5.66 Å². The molecule has 35 heavy (non-hydrogen) atoms. The summed E-state index contributed by atoms with van der Waals surface area (Å²) in [6, 6.07) is 30.9. The number of carbonyl (C=O) groups is 1. The lowest BCUT2D eigenvalue weighted by Gasteiger charge is -2.50. The number of allylic oxidation sites excluding steroid dienone is 2. The zero-order valence-corrected chi connectivity index (χ0v) is 19.3. The first-order valence-corrected chi connectivity index (χ1v) is 12.1. The lowest BCUT2D eigenvalue weighted by atomic mass is 9.92. The first-order valence-electron chi connectivity index (χ1n) is 12.1. The minimum atomic E-state index is -0.507. The summed E-state index contributed by atoms with van der Waals surface area (Å²) in [4.78, 5) is 16.6. The Morgan fingerprint density at radius 1 is 0.800 bits per heavy atom. The summed E-state index contributed by atoms with van der Waals surface area (Å²) in [6.07, 6.45) is 15.4. The van der Waals surface area contributed by atoms with Crippen molar-refractivity contribution in [2.75, 3.05) is 0 Å². The van der Waals surface area contributed by atoms with E-state index in [0.717, 1.165) is 28.9 Å². The second-order valence-corrected chi connectivity index (χ2v) is 9.52. The van der Waals surface area contributed by atoms with Crippen LogP contribution < -0.4 is 0 Å². The van der Waals surface area contributed by atoms with Gasteiger partial charge in [-0.25, -0.2) is 4.48 Å². The van der Waals surface area contributed by atoms with Gasteiger partial charge in [0.05, 0.1) is 5.57 Å². The van der Waals surface area contributed by atoms with Gasteiger partial charge in [0.1, 0.15) is 6.20 Å². The van der Waals surface area contributed by atoms with Crippen LogP contribution in [0.1, 0.15) is 16.7 Å². The Morgan fingerprint density at radius 2 is 1.46 bits per heavy atom. The summed E-state index contributed by atoms with van der Waals surface area (Å²) in [5, 5.41) is 0. The molecule has 3 heteroatoms. The van der Waals surface area contributed by atoms with Crippen molar-refractivity contribution in [3.8, 4) is 0 Å². The summed E-state index contributed by atoms with van der Waals surface area (Å²) in [5.41, 5.74) is 5.89. The van der Waals surface area contributed by atoms with Crippen molar-refractivity contribution in [3.63, 3.8) is 0 Å². The number of Topliss-reactive ketones (excluding diaryl/α,β-unsaturated/α-hetero) is 1. The molecule has 2 bridgehead atoms. The van der Waals surface area contributed by atoms with Gasteiger partial charge in [-0.05, 0) is 35.4 Å². The molecule has 0 aliphatic carbocycles. The van der Waals surface area contributed by atoms with Crippen LogP contribution in [0.3, 0.4) is 0 Å². The monoisotopic (exact) mass is 453 g/mol. The van der Waals surface area contributed by atoms with Gasteiger partial charge in [-0.15, -0.1) is 0 Å². The molecule has 4 aliphatic heterocycles. The average Bonchev–Trinajstić information content (AvgIpc) is 3.47. The first kappa shape index (κ1) is 20.2. The average molecular weight is 454 g/mol. The molecular formula is C32H25N2O+. The lowest BCUT2D eigenvalue weighted by Crippen LogP contribution is -2.64. The van der Waals surface area contributed by atoms with Crippen molar-refractivity contribution in [1.29, 1.82) is 0 Å². The van der Waals surface area contributed by atoms with Gasteiger partial charge in [-0.2, -0.15) is 0 Å². The number of quaternary nitrogens is 1. The number of carbonyl (C=O) groups excluding carboxylic acids is 1. The van der Waals surface area contributed by atoms with Crippen LogP contribution in [0.4, 0.5) is 0 Å². The molecule has 3 nitrogen and oxygen atoms in total. The Kier molecular flexibility index (Phi) is 4.26. The maximum Gasteiger partial charge on any atom is 0.231 e. The van der Waals surface area contributed by atoms with Gasteiger partial charge >= 0.3 is 0 Å². The number of rotatable bonds is 4. The van der Waals surface area contributed by atoms with Crippen LogP contribution in [0, 0.1) is 0 Å². The summed E-state index contributed by atoms with van der Waals surface area (Å²) in [5.74, 6) is 0.191. The maximum atomic E-state index is 14.2. The van der Waals surface area contributed by atoms with E-state index in [4.69, 9.17) is 0 Å². The molecule has 4 heterocycles. The molecule has 0 saturated carbocycles. The van der Waals surface area contributed by atoms with E-state index in [-0.39, 0.29) is 11.8 Å². The highest BCUT2D eigenvalue weighted by molar-refractivity contribution is 6.32.